The lowest BCUT2D eigenvalue weighted by Gasteiger charge is -2.10. The first-order valence-corrected chi connectivity index (χ1v) is 6.29. The van der Waals surface area contributed by atoms with Crippen molar-refractivity contribution in [3.8, 4) is 0 Å². The van der Waals surface area contributed by atoms with Gasteiger partial charge in [0.2, 0.25) is 0 Å². The van der Waals surface area contributed by atoms with E-state index >= 15 is 0 Å². The molecule has 0 heterocycles. The first-order chi connectivity index (χ1) is 8.93. The number of ether oxygens (including phenoxy) is 1. The molecule has 0 aliphatic rings. The molecule has 102 valence electrons. The van der Waals surface area contributed by atoms with Crippen molar-refractivity contribution in [2.75, 3.05) is 7.11 Å². The van der Waals surface area contributed by atoms with E-state index in [-0.39, 0.29) is 11.8 Å². The van der Waals surface area contributed by atoms with Crippen LogP contribution in [0.4, 0.5) is 0 Å². The molecule has 0 unspecified atom stereocenters. The van der Waals surface area contributed by atoms with Gasteiger partial charge in [0.1, 0.15) is 0 Å². The molecule has 0 radical (unpaired) electrons. The van der Waals surface area contributed by atoms with Crippen molar-refractivity contribution in [2.24, 2.45) is 0 Å². The second kappa shape index (κ2) is 6.88. The molecule has 3 heteroatoms. The van der Waals surface area contributed by atoms with E-state index in [4.69, 9.17) is 0 Å². The first-order valence-electron chi connectivity index (χ1n) is 6.29. The Bertz CT molecular complexity index is 513. The Morgan fingerprint density at radius 2 is 1.95 bits per heavy atom. The third-order valence-electron chi connectivity index (χ3n) is 2.93. The fourth-order valence-corrected chi connectivity index (χ4v) is 2.05. The van der Waals surface area contributed by atoms with Gasteiger partial charge in [0, 0.05) is 6.42 Å². The van der Waals surface area contributed by atoms with Crippen molar-refractivity contribution in [1.82, 2.24) is 0 Å². The first kappa shape index (κ1) is 15.2. The summed E-state index contributed by atoms with van der Waals surface area (Å²) in [5.74, 6) is -0.209. The minimum Gasteiger partial charge on any atom is -0.469 e. The Labute approximate surface area is 114 Å². The summed E-state index contributed by atoms with van der Waals surface area (Å²) in [6.07, 6.45) is 4.34. The topological polar surface area (TPSA) is 43.4 Å². The van der Waals surface area contributed by atoms with E-state index in [0.29, 0.717) is 12.8 Å². The number of hydrogen-bond acceptors (Lipinski definition) is 3. The van der Waals surface area contributed by atoms with Crippen molar-refractivity contribution >= 4 is 17.8 Å². The van der Waals surface area contributed by atoms with E-state index in [9.17, 15) is 9.59 Å². The predicted molar refractivity (Wildman–Crippen MR) is 76.0 cm³/mol. The molecule has 0 N–H and O–H groups in total. The number of hydrogen-bond donors (Lipinski definition) is 0. The summed E-state index contributed by atoms with van der Waals surface area (Å²) < 4.78 is 4.66. The highest BCUT2D eigenvalue weighted by atomic mass is 16.5. The van der Waals surface area contributed by atoms with Gasteiger partial charge in [0.15, 0.2) is 5.78 Å². The maximum Gasteiger partial charge on any atom is 0.305 e. The van der Waals surface area contributed by atoms with E-state index < -0.39 is 0 Å². The van der Waals surface area contributed by atoms with Crippen molar-refractivity contribution < 1.29 is 14.3 Å². The number of allylic oxidation sites excluding steroid dienone is 1. The van der Waals surface area contributed by atoms with Crippen LogP contribution in [0.1, 0.15) is 35.6 Å². The van der Waals surface area contributed by atoms with Crippen LogP contribution in [0.5, 0.6) is 0 Å². The Morgan fingerprint density at radius 1 is 1.26 bits per heavy atom. The molecule has 0 amide bonds. The maximum atomic E-state index is 11.2. The summed E-state index contributed by atoms with van der Waals surface area (Å²) in [4.78, 5) is 22.3. The van der Waals surface area contributed by atoms with Gasteiger partial charge in [-0.2, -0.15) is 0 Å². The largest absolute Gasteiger partial charge is 0.469 e. The van der Waals surface area contributed by atoms with Gasteiger partial charge >= 0.3 is 5.97 Å². The number of esters is 1. The van der Waals surface area contributed by atoms with Crippen LogP contribution in [0.2, 0.25) is 0 Å². The molecular formula is C16H20O3. The van der Waals surface area contributed by atoms with Gasteiger partial charge in [-0.05, 0) is 50.0 Å². The minimum absolute atomic E-state index is 0.0129. The molecule has 1 aromatic rings. The molecule has 0 saturated heterocycles. The second-order valence-corrected chi connectivity index (χ2v) is 4.67. The van der Waals surface area contributed by atoms with Gasteiger partial charge in [0.25, 0.3) is 0 Å². The average molecular weight is 260 g/mol. The molecule has 3 nitrogen and oxygen atoms in total. The molecule has 0 aliphatic heterocycles. The van der Waals surface area contributed by atoms with Gasteiger partial charge in [-0.15, -0.1) is 0 Å². The monoisotopic (exact) mass is 260 g/mol. The number of aryl methyl sites for hydroxylation is 3. The molecule has 0 bridgehead atoms. The van der Waals surface area contributed by atoms with E-state index in [2.05, 4.69) is 16.9 Å². The average Bonchev–Trinajstić information content (AvgIpc) is 2.34. The zero-order chi connectivity index (χ0) is 14.4. The quantitative estimate of drug-likeness (QED) is 0.603. The molecule has 0 spiro atoms. The molecule has 19 heavy (non-hydrogen) atoms. The standard InChI is InChI=1S/C16H20O3/c1-11-9-12(2)15(7-5-13(3)17)14(10-11)6-8-16(18)19-4/h5,7,9-10H,6,8H2,1-4H3/b7-5+. The molecule has 0 atom stereocenters. The van der Waals surface area contributed by atoms with Crippen LogP contribution in [-0.2, 0) is 20.7 Å². The number of rotatable bonds is 5. The number of carbonyl (C=O) groups excluding carboxylic acids is 2. The van der Waals surface area contributed by atoms with Crippen LogP contribution >= 0.6 is 0 Å². The molecule has 0 aliphatic carbocycles. The van der Waals surface area contributed by atoms with Crippen LogP contribution in [0.15, 0.2) is 18.2 Å². The second-order valence-electron chi connectivity index (χ2n) is 4.67. The summed E-state index contributed by atoms with van der Waals surface area (Å²) in [5, 5.41) is 0. The summed E-state index contributed by atoms with van der Waals surface area (Å²) in [6, 6.07) is 4.12. The SMILES string of the molecule is COC(=O)CCc1cc(C)cc(C)c1/C=C/C(C)=O. The Kier molecular flexibility index (Phi) is 5.49. The number of methoxy groups -OCH3 is 1. The van der Waals surface area contributed by atoms with Crippen LogP contribution in [0.3, 0.4) is 0 Å². The maximum absolute atomic E-state index is 11.2. The van der Waals surface area contributed by atoms with Crippen LogP contribution < -0.4 is 0 Å². The highest BCUT2D eigenvalue weighted by Crippen LogP contribution is 2.20. The molecule has 0 fully saturated rings. The van der Waals surface area contributed by atoms with Gasteiger partial charge in [-0.25, -0.2) is 0 Å². The zero-order valence-corrected chi connectivity index (χ0v) is 11.9. The lowest BCUT2D eigenvalue weighted by Crippen LogP contribution is -2.04. The fourth-order valence-electron chi connectivity index (χ4n) is 2.05. The number of ketones is 1. The molecular weight excluding hydrogens is 240 g/mol. The Morgan fingerprint density at radius 3 is 2.53 bits per heavy atom. The smallest absolute Gasteiger partial charge is 0.305 e. The van der Waals surface area contributed by atoms with Crippen molar-refractivity contribution in [3.05, 3.63) is 40.5 Å². The van der Waals surface area contributed by atoms with Crippen molar-refractivity contribution in [2.45, 2.75) is 33.6 Å². The van der Waals surface area contributed by atoms with Crippen molar-refractivity contribution in [3.63, 3.8) is 0 Å². The van der Waals surface area contributed by atoms with Gasteiger partial charge in [-0.1, -0.05) is 23.8 Å². The van der Waals surface area contributed by atoms with Gasteiger partial charge in [-0.3, -0.25) is 9.59 Å². The summed E-state index contributed by atoms with van der Waals surface area (Å²) in [5.41, 5.74) is 4.35. The normalized spacial score (nSPS) is 10.7. The summed E-state index contributed by atoms with van der Waals surface area (Å²) >= 11 is 0. The molecule has 1 aromatic carbocycles. The third kappa shape index (κ3) is 4.70. The van der Waals surface area contributed by atoms with E-state index in [1.165, 1.54) is 14.0 Å². The van der Waals surface area contributed by atoms with Crippen molar-refractivity contribution in [1.29, 1.82) is 0 Å². The lowest BCUT2D eigenvalue weighted by atomic mass is 9.95. The van der Waals surface area contributed by atoms with Crippen LogP contribution in [-0.4, -0.2) is 18.9 Å². The summed E-state index contributed by atoms with van der Waals surface area (Å²) in [7, 11) is 1.39. The number of benzene rings is 1. The molecule has 1 rings (SSSR count). The highest BCUT2D eigenvalue weighted by Gasteiger charge is 2.08. The predicted octanol–water partition coefficient (Wildman–Crippen LogP) is 3.01. The van der Waals surface area contributed by atoms with Crippen LogP contribution in [0, 0.1) is 13.8 Å². The Balaban J connectivity index is 3.05. The number of carbonyl (C=O) groups is 2. The van der Waals surface area contributed by atoms with Crippen LogP contribution in [0.25, 0.3) is 6.08 Å². The molecule has 0 aromatic heterocycles. The fraction of sp³-hybridized carbons (Fsp3) is 0.375. The highest BCUT2D eigenvalue weighted by molar-refractivity contribution is 5.92. The van der Waals surface area contributed by atoms with Gasteiger partial charge in [0.05, 0.1) is 7.11 Å². The van der Waals surface area contributed by atoms with E-state index in [0.717, 1.165) is 22.3 Å². The third-order valence-corrected chi connectivity index (χ3v) is 2.93. The Hall–Kier alpha value is -1.90. The lowest BCUT2D eigenvalue weighted by molar-refractivity contribution is -0.140. The minimum atomic E-state index is -0.222. The van der Waals surface area contributed by atoms with E-state index in [1.54, 1.807) is 6.08 Å². The zero-order valence-electron chi connectivity index (χ0n) is 11.9. The summed E-state index contributed by atoms with van der Waals surface area (Å²) in [6.45, 7) is 5.55. The van der Waals surface area contributed by atoms with E-state index in [1.807, 2.05) is 19.9 Å². The molecule has 0 saturated carbocycles. The van der Waals surface area contributed by atoms with Gasteiger partial charge < -0.3 is 4.74 Å².